The van der Waals surface area contributed by atoms with Gasteiger partial charge in [-0.15, -0.1) is 0 Å². The molecule has 0 atom stereocenters. The highest BCUT2D eigenvalue weighted by Crippen LogP contribution is 2.12. The molecule has 0 aliphatic heterocycles. The van der Waals surface area contributed by atoms with Crippen LogP contribution in [0.2, 0.25) is 0 Å². The van der Waals surface area contributed by atoms with Crippen molar-refractivity contribution in [3.63, 3.8) is 0 Å². The van der Waals surface area contributed by atoms with Gasteiger partial charge in [0.2, 0.25) is 0 Å². The van der Waals surface area contributed by atoms with E-state index in [9.17, 15) is 4.79 Å². The zero-order valence-corrected chi connectivity index (χ0v) is 11.0. The predicted octanol–water partition coefficient (Wildman–Crippen LogP) is 3.20. The molecule has 0 bridgehead atoms. The van der Waals surface area contributed by atoms with E-state index >= 15 is 0 Å². The topological polar surface area (TPSA) is 20.3 Å². The summed E-state index contributed by atoms with van der Waals surface area (Å²) in [5.74, 6) is 0.464. The van der Waals surface area contributed by atoms with Crippen LogP contribution in [0.4, 0.5) is 0 Å². The van der Waals surface area contributed by atoms with Gasteiger partial charge < -0.3 is 4.90 Å². The van der Waals surface area contributed by atoms with Crippen LogP contribution in [-0.2, 0) is 4.79 Å². The van der Waals surface area contributed by atoms with E-state index in [-0.39, 0.29) is 0 Å². The second kappa shape index (κ2) is 8.84. The zero-order chi connectivity index (χ0) is 11.7. The van der Waals surface area contributed by atoms with Crippen LogP contribution in [0.5, 0.6) is 0 Å². The summed E-state index contributed by atoms with van der Waals surface area (Å²) in [4.78, 5) is 13.6. The minimum Gasteiger partial charge on any atom is -0.367 e. The molecule has 88 valence electrons. The second-order valence-corrected chi connectivity index (χ2v) is 4.38. The summed E-state index contributed by atoms with van der Waals surface area (Å²) < 4.78 is 0. The molecule has 0 heterocycles. The first-order chi connectivity index (χ1) is 7.11. The summed E-state index contributed by atoms with van der Waals surface area (Å²) in [6.07, 6.45) is 5.24. The first kappa shape index (κ1) is 14.6. The summed E-state index contributed by atoms with van der Waals surface area (Å²) in [6, 6.07) is 0. The Morgan fingerprint density at radius 1 is 1.20 bits per heavy atom. The van der Waals surface area contributed by atoms with Crippen LogP contribution in [0.25, 0.3) is 0 Å². The van der Waals surface area contributed by atoms with E-state index in [4.69, 9.17) is 12.2 Å². The van der Waals surface area contributed by atoms with E-state index in [0.717, 1.165) is 43.8 Å². The molecule has 0 amide bonds. The number of hydrogen-bond donors (Lipinski definition) is 0. The molecule has 1 aliphatic carbocycles. The van der Waals surface area contributed by atoms with Gasteiger partial charge in [-0.05, 0) is 33.6 Å². The van der Waals surface area contributed by atoms with E-state index < -0.39 is 0 Å². The van der Waals surface area contributed by atoms with Gasteiger partial charge in [-0.25, -0.2) is 0 Å². The van der Waals surface area contributed by atoms with Crippen LogP contribution in [0, 0.1) is 0 Å². The van der Waals surface area contributed by atoms with Gasteiger partial charge in [-0.3, -0.25) is 4.79 Å². The molecule has 0 aromatic carbocycles. The lowest BCUT2D eigenvalue weighted by atomic mass is 10.00. The van der Waals surface area contributed by atoms with Crippen molar-refractivity contribution in [1.29, 1.82) is 0 Å². The number of ketones is 1. The molecule has 0 radical (unpaired) electrons. The maximum Gasteiger partial charge on any atom is 0.132 e. The van der Waals surface area contributed by atoms with Crippen molar-refractivity contribution in [1.82, 2.24) is 4.90 Å². The van der Waals surface area contributed by atoms with Crippen LogP contribution in [0.3, 0.4) is 0 Å². The van der Waals surface area contributed by atoms with Crippen molar-refractivity contribution >= 4 is 23.0 Å². The van der Waals surface area contributed by atoms with Crippen LogP contribution >= 0.6 is 12.2 Å². The molecule has 15 heavy (non-hydrogen) atoms. The summed E-state index contributed by atoms with van der Waals surface area (Å²) in [7, 11) is 0. The molecule has 0 unspecified atom stereocenters. The molecule has 1 rings (SSSR count). The largest absolute Gasteiger partial charge is 0.367 e. The van der Waals surface area contributed by atoms with Crippen molar-refractivity contribution < 1.29 is 4.79 Å². The number of rotatable bonds is 2. The minimum atomic E-state index is 0.464. The van der Waals surface area contributed by atoms with Gasteiger partial charge in [-0.1, -0.05) is 18.6 Å². The molecule has 0 aromatic heterocycles. The first-order valence-electron chi connectivity index (χ1n) is 5.89. The Bertz CT molecular complexity index is 192. The van der Waals surface area contributed by atoms with Gasteiger partial charge >= 0.3 is 0 Å². The molecule has 2 nitrogen and oxygen atoms in total. The number of thiocarbonyl (C=S) groups is 1. The summed E-state index contributed by atoms with van der Waals surface area (Å²) in [5, 5.41) is 0. The molecule has 0 N–H and O–H groups in total. The van der Waals surface area contributed by atoms with Crippen molar-refractivity contribution in [2.24, 2.45) is 0 Å². The SMILES string of the molecule is CCN(CC)C(C)=S.O=C1CCCCC1. The monoisotopic (exact) mass is 229 g/mol. The van der Waals surface area contributed by atoms with E-state index in [2.05, 4.69) is 18.7 Å². The van der Waals surface area contributed by atoms with Gasteiger partial charge in [0, 0.05) is 25.9 Å². The number of carbonyl (C=O) groups excluding carboxylic acids is 1. The third-order valence-electron chi connectivity index (χ3n) is 2.62. The fraction of sp³-hybridized carbons (Fsp3) is 0.833. The second-order valence-electron chi connectivity index (χ2n) is 3.79. The fourth-order valence-corrected chi connectivity index (χ4v) is 1.87. The third-order valence-corrected chi connectivity index (χ3v) is 2.88. The Labute approximate surface area is 99.0 Å². The third kappa shape index (κ3) is 7.48. The number of hydrogen-bond acceptors (Lipinski definition) is 2. The van der Waals surface area contributed by atoms with Crippen LogP contribution in [0.1, 0.15) is 52.9 Å². The zero-order valence-electron chi connectivity index (χ0n) is 10.2. The van der Waals surface area contributed by atoms with E-state index in [1.807, 2.05) is 6.92 Å². The van der Waals surface area contributed by atoms with Gasteiger partial charge in [0.05, 0.1) is 4.99 Å². The average molecular weight is 229 g/mol. The van der Waals surface area contributed by atoms with Crippen molar-refractivity contribution in [2.45, 2.75) is 52.9 Å². The van der Waals surface area contributed by atoms with Crippen molar-refractivity contribution in [2.75, 3.05) is 13.1 Å². The predicted molar refractivity (Wildman–Crippen MR) is 69.3 cm³/mol. The van der Waals surface area contributed by atoms with Gasteiger partial charge in [-0.2, -0.15) is 0 Å². The molecular weight excluding hydrogens is 206 g/mol. The summed E-state index contributed by atoms with van der Waals surface area (Å²) >= 11 is 4.94. The van der Waals surface area contributed by atoms with E-state index in [0.29, 0.717) is 5.78 Å². The Hall–Kier alpha value is -0.440. The van der Waals surface area contributed by atoms with Gasteiger partial charge in [0.15, 0.2) is 0 Å². The normalized spacial score (nSPS) is 15.3. The maximum atomic E-state index is 10.5. The molecule has 0 aromatic rings. The Kier molecular flexibility index (Phi) is 8.58. The minimum absolute atomic E-state index is 0.464. The fourth-order valence-electron chi connectivity index (χ4n) is 1.62. The Balaban J connectivity index is 0.000000262. The molecule has 1 fully saturated rings. The van der Waals surface area contributed by atoms with Gasteiger partial charge in [0.25, 0.3) is 0 Å². The average Bonchev–Trinajstić information content (AvgIpc) is 2.21. The highest BCUT2D eigenvalue weighted by Gasteiger charge is 2.05. The van der Waals surface area contributed by atoms with Gasteiger partial charge in [0.1, 0.15) is 5.78 Å². The van der Waals surface area contributed by atoms with E-state index in [1.54, 1.807) is 0 Å². The van der Waals surface area contributed by atoms with Crippen LogP contribution in [-0.4, -0.2) is 28.8 Å². The quantitative estimate of drug-likeness (QED) is 0.678. The Morgan fingerprint density at radius 2 is 1.67 bits per heavy atom. The van der Waals surface area contributed by atoms with Crippen molar-refractivity contribution in [3.8, 4) is 0 Å². The van der Waals surface area contributed by atoms with Crippen LogP contribution < -0.4 is 0 Å². The molecular formula is C12H23NOS. The lowest BCUT2D eigenvalue weighted by Gasteiger charge is -2.17. The molecule has 0 spiro atoms. The first-order valence-corrected chi connectivity index (χ1v) is 6.29. The Morgan fingerprint density at radius 3 is 1.80 bits per heavy atom. The summed E-state index contributed by atoms with van der Waals surface area (Å²) in [5.41, 5.74) is 0. The number of nitrogens with zero attached hydrogens (tertiary/aromatic N) is 1. The number of carbonyl (C=O) groups is 1. The molecule has 1 saturated carbocycles. The lowest BCUT2D eigenvalue weighted by Crippen LogP contribution is -2.26. The smallest absolute Gasteiger partial charge is 0.132 e. The van der Waals surface area contributed by atoms with Crippen LogP contribution in [0.15, 0.2) is 0 Å². The van der Waals surface area contributed by atoms with E-state index in [1.165, 1.54) is 6.42 Å². The highest BCUT2D eigenvalue weighted by molar-refractivity contribution is 7.80. The number of Topliss-reactive ketones (excluding diaryl/α,β-unsaturated/α-hetero) is 1. The lowest BCUT2D eigenvalue weighted by molar-refractivity contribution is -0.120. The summed E-state index contributed by atoms with van der Waals surface area (Å²) in [6.45, 7) is 8.25. The molecule has 1 aliphatic rings. The molecule has 0 saturated heterocycles. The highest BCUT2D eigenvalue weighted by atomic mass is 32.1. The standard InChI is InChI=1S/C6H13NS.C6H10O/c1-4-7(5-2)6(3)8;7-6-4-2-1-3-5-6/h4-5H2,1-3H3;1-5H2. The maximum absolute atomic E-state index is 10.5. The van der Waals surface area contributed by atoms with Crippen molar-refractivity contribution in [3.05, 3.63) is 0 Å². The molecule has 3 heteroatoms.